The minimum atomic E-state index is -0.817. The Kier molecular flexibility index (Phi) is 7.10. The van der Waals surface area contributed by atoms with E-state index < -0.39 is 6.04 Å². The Bertz CT molecular complexity index is 1220. The van der Waals surface area contributed by atoms with Crippen LogP contribution in [-0.2, 0) is 29.0 Å². The maximum absolute atomic E-state index is 13.4. The van der Waals surface area contributed by atoms with Crippen LogP contribution in [0.2, 0.25) is 0 Å². The number of amides is 2. The van der Waals surface area contributed by atoms with Gasteiger partial charge in [-0.2, -0.15) is 0 Å². The normalized spacial score (nSPS) is 13.9. The van der Waals surface area contributed by atoms with E-state index in [2.05, 4.69) is 16.8 Å². The van der Waals surface area contributed by atoms with Gasteiger partial charge in [-0.3, -0.25) is 9.59 Å². The van der Waals surface area contributed by atoms with Gasteiger partial charge in [-0.1, -0.05) is 30.3 Å². The van der Waals surface area contributed by atoms with Crippen LogP contribution in [0.15, 0.2) is 48.5 Å². The van der Waals surface area contributed by atoms with Crippen LogP contribution in [0.25, 0.3) is 0 Å². The zero-order valence-corrected chi connectivity index (χ0v) is 20.4. The van der Waals surface area contributed by atoms with Crippen LogP contribution >= 0.6 is 0 Å². The smallest absolute Gasteiger partial charge is 0.249 e. The first-order valence-corrected chi connectivity index (χ1v) is 12.0. The first-order chi connectivity index (χ1) is 16.8. The Morgan fingerprint density at radius 2 is 1.86 bits per heavy atom. The van der Waals surface area contributed by atoms with Crippen LogP contribution in [0.4, 0.5) is 5.69 Å². The minimum Gasteiger partial charge on any atom is -0.504 e. The van der Waals surface area contributed by atoms with Gasteiger partial charge in [0, 0.05) is 43.4 Å². The number of rotatable bonds is 9. The molecule has 0 spiro atoms. The summed E-state index contributed by atoms with van der Waals surface area (Å²) < 4.78 is 2.18. The van der Waals surface area contributed by atoms with Gasteiger partial charge in [-0.25, -0.2) is 4.98 Å². The number of hydrogen-bond donors (Lipinski definition) is 3. The number of aromatic hydroxyl groups is 2. The lowest BCUT2D eigenvalue weighted by molar-refractivity contribution is -0.127. The molecule has 0 saturated heterocycles. The van der Waals surface area contributed by atoms with Crippen molar-refractivity contribution in [2.45, 2.75) is 58.0 Å². The molecule has 0 unspecified atom stereocenters. The maximum Gasteiger partial charge on any atom is 0.249 e. The number of phenolic OH excluding ortho intramolecular Hbond substituents is 2. The van der Waals surface area contributed by atoms with Crippen molar-refractivity contribution in [1.29, 1.82) is 0 Å². The standard InChI is InChI=1S/C27H32N4O4/c1-4-31-17(2)21(29-26(31)19-10-11-19)16-25(34)28-22(14-18-8-6-5-7-9-18)27(35)30(3)20-12-13-23(32)24(33)15-20/h5-9,12-13,15,19,22,32-33H,4,10-11,14,16H2,1-3H3,(H,28,34)/t22-/m0/s1. The molecular weight excluding hydrogens is 444 g/mol. The highest BCUT2D eigenvalue weighted by molar-refractivity contribution is 5.99. The van der Waals surface area contributed by atoms with E-state index in [0.29, 0.717) is 18.0 Å². The molecule has 184 valence electrons. The summed E-state index contributed by atoms with van der Waals surface area (Å²) in [5.74, 6) is 0.342. The molecule has 1 atom stereocenters. The molecule has 3 N–H and O–H groups in total. The molecular formula is C27H32N4O4. The Hall–Kier alpha value is -3.81. The van der Waals surface area contributed by atoms with E-state index in [0.717, 1.165) is 42.2 Å². The van der Waals surface area contributed by atoms with Crippen molar-refractivity contribution >= 4 is 17.5 Å². The van der Waals surface area contributed by atoms with E-state index in [-0.39, 0.29) is 29.7 Å². The van der Waals surface area contributed by atoms with Crippen molar-refractivity contribution in [3.63, 3.8) is 0 Å². The lowest BCUT2D eigenvalue weighted by atomic mass is 10.0. The van der Waals surface area contributed by atoms with Crippen molar-refractivity contribution in [1.82, 2.24) is 14.9 Å². The Morgan fingerprint density at radius 1 is 1.14 bits per heavy atom. The average molecular weight is 477 g/mol. The van der Waals surface area contributed by atoms with E-state index in [9.17, 15) is 19.8 Å². The largest absolute Gasteiger partial charge is 0.504 e. The summed E-state index contributed by atoms with van der Waals surface area (Å²) in [4.78, 5) is 32.7. The van der Waals surface area contributed by atoms with Gasteiger partial charge in [0.2, 0.25) is 11.8 Å². The molecule has 1 aliphatic rings. The molecule has 2 aromatic carbocycles. The number of aromatic nitrogens is 2. The van der Waals surface area contributed by atoms with Crippen LogP contribution in [0.1, 0.15) is 48.5 Å². The number of nitrogens with one attached hydrogen (secondary N) is 1. The fraction of sp³-hybridized carbons (Fsp3) is 0.370. The topological polar surface area (TPSA) is 108 Å². The summed E-state index contributed by atoms with van der Waals surface area (Å²) in [6.45, 7) is 4.88. The zero-order valence-electron chi connectivity index (χ0n) is 20.4. The van der Waals surface area contributed by atoms with Gasteiger partial charge >= 0.3 is 0 Å². The highest BCUT2D eigenvalue weighted by Crippen LogP contribution is 2.40. The monoisotopic (exact) mass is 476 g/mol. The van der Waals surface area contributed by atoms with E-state index in [1.807, 2.05) is 37.3 Å². The van der Waals surface area contributed by atoms with Crippen molar-refractivity contribution in [2.24, 2.45) is 0 Å². The molecule has 1 heterocycles. The highest BCUT2D eigenvalue weighted by Gasteiger charge is 2.31. The molecule has 3 aromatic rings. The van der Waals surface area contributed by atoms with E-state index in [1.54, 1.807) is 7.05 Å². The van der Waals surface area contributed by atoms with Gasteiger partial charge in [0.15, 0.2) is 11.5 Å². The summed E-state index contributed by atoms with van der Waals surface area (Å²) in [6.07, 6.45) is 2.68. The Balaban J connectivity index is 1.54. The number of likely N-dealkylation sites (N-methyl/N-ethyl adjacent to an activating group) is 1. The predicted octanol–water partition coefficient (Wildman–Crippen LogP) is 3.43. The van der Waals surface area contributed by atoms with Crippen LogP contribution in [-0.4, -0.2) is 44.7 Å². The fourth-order valence-electron chi connectivity index (χ4n) is 4.36. The molecule has 35 heavy (non-hydrogen) atoms. The molecule has 1 aliphatic carbocycles. The number of hydrogen-bond acceptors (Lipinski definition) is 5. The second kappa shape index (κ2) is 10.2. The molecule has 8 heteroatoms. The van der Waals surface area contributed by atoms with E-state index in [1.165, 1.54) is 23.1 Å². The van der Waals surface area contributed by atoms with Crippen molar-refractivity contribution in [2.75, 3.05) is 11.9 Å². The first kappa shape index (κ1) is 24.3. The van der Waals surface area contributed by atoms with Gasteiger partial charge in [-0.05, 0) is 44.4 Å². The molecule has 1 aromatic heterocycles. The molecule has 4 rings (SSSR count). The number of anilines is 1. The lowest BCUT2D eigenvalue weighted by Crippen LogP contribution is -2.49. The molecule has 0 bridgehead atoms. The second-order valence-electron chi connectivity index (χ2n) is 9.08. The molecule has 8 nitrogen and oxygen atoms in total. The zero-order chi connectivity index (χ0) is 25.1. The Labute approximate surface area is 205 Å². The summed E-state index contributed by atoms with van der Waals surface area (Å²) >= 11 is 0. The average Bonchev–Trinajstić information content (AvgIpc) is 3.65. The highest BCUT2D eigenvalue weighted by atomic mass is 16.3. The summed E-state index contributed by atoms with van der Waals surface area (Å²) in [6, 6.07) is 12.9. The van der Waals surface area contributed by atoms with Crippen LogP contribution in [0.5, 0.6) is 11.5 Å². The van der Waals surface area contributed by atoms with Crippen LogP contribution in [0, 0.1) is 6.92 Å². The number of imidazole rings is 1. The first-order valence-electron chi connectivity index (χ1n) is 12.0. The van der Waals surface area contributed by atoms with Crippen LogP contribution in [0.3, 0.4) is 0 Å². The van der Waals surface area contributed by atoms with Crippen LogP contribution < -0.4 is 10.2 Å². The third-order valence-corrected chi connectivity index (χ3v) is 6.53. The third-order valence-electron chi connectivity index (χ3n) is 6.53. The van der Waals surface area contributed by atoms with Crippen molar-refractivity contribution < 1.29 is 19.8 Å². The molecule has 1 fully saturated rings. The second-order valence-corrected chi connectivity index (χ2v) is 9.08. The number of carbonyl (C=O) groups excluding carboxylic acids is 2. The number of carbonyl (C=O) groups is 2. The molecule has 0 aliphatic heterocycles. The van der Waals surface area contributed by atoms with E-state index in [4.69, 9.17) is 4.98 Å². The van der Waals surface area contributed by atoms with Gasteiger partial charge in [0.1, 0.15) is 11.9 Å². The predicted molar refractivity (Wildman–Crippen MR) is 134 cm³/mol. The molecule has 0 radical (unpaired) electrons. The number of benzene rings is 2. The molecule has 2 amide bonds. The van der Waals surface area contributed by atoms with Crippen molar-refractivity contribution in [3.05, 3.63) is 71.3 Å². The van der Waals surface area contributed by atoms with Crippen molar-refractivity contribution in [3.8, 4) is 11.5 Å². The quantitative estimate of drug-likeness (QED) is 0.410. The number of nitrogens with zero attached hydrogens (tertiary/aromatic N) is 3. The minimum absolute atomic E-state index is 0.0981. The van der Waals surface area contributed by atoms with Gasteiger partial charge in [0.05, 0.1) is 12.1 Å². The summed E-state index contributed by atoms with van der Waals surface area (Å²) in [7, 11) is 1.58. The maximum atomic E-state index is 13.4. The Morgan fingerprint density at radius 3 is 2.49 bits per heavy atom. The lowest BCUT2D eigenvalue weighted by Gasteiger charge is -2.25. The SMILES string of the molecule is CCn1c(C2CC2)nc(CC(=O)N[C@@H](Cc2ccccc2)C(=O)N(C)c2ccc(O)c(O)c2)c1C. The number of phenols is 2. The van der Waals surface area contributed by atoms with Gasteiger partial charge < -0.3 is 25.0 Å². The van der Waals surface area contributed by atoms with E-state index >= 15 is 0 Å². The van der Waals surface area contributed by atoms with Gasteiger partial charge in [0.25, 0.3) is 0 Å². The molecule has 1 saturated carbocycles. The summed E-state index contributed by atoms with van der Waals surface area (Å²) in [5.41, 5.74) is 3.06. The third kappa shape index (κ3) is 5.48. The fourth-order valence-corrected chi connectivity index (χ4v) is 4.36. The summed E-state index contributed by atoms with van der Waals surface area (Å²) in [5, 5.41) is 22.4. The van der Waals surface area contributed by atoms with Gasteiger partial charge in [-0.15, -0.1) is 0 Å².